The molecule has 1 amide bonds. The number of hydrogen-bond acceptors (Lipinski definition) is 5. The summed E-state index contributed by atoms with van der Waals surface area (Å²) >= 11 is 0. The van der Waals surface area contributed by atoms with Crippen LogP contribution >= 0.6 is 0 Å². The number of carbonyl (C=O) groups is 1. The number of hydrogen-bond donors (Lipinski definition) is 2. The van der Waals surface area contributed by atoms with Gasteiger partial charge < -0.3 is 19.9 Å². The number of alkyl halides is 3. The van der Waals surface area contributed by atoms with E-state index in [-0.39, 0.29) is 37.1 Å². The fourth-order valence-electron chi connectivity index (χ4n) is 3.55. The maximum Gasteiger partial charge on any atom is 0.471 e. The number of aliphatic hydroxyl groups excluding tert-OH is 1. The summed E-state index contributed by atoms with van der Waals surface area (Å²) in [5, 5.41) is 11.4. The van der Waals surface area contributed by atoms with Gasteiger partial charge in [-0.2, -0.15) is 18.2 Å². The molecular formula is C25H25F3N2O4. The summed E-state index contributed by atoms with van der Waals surface area (Å²) < 4.78 is 48.2. The Hall–Kier alpha value is -3.59. The van der Waals surface area contributed by atoms with Gasteiger partial charge >= 0.3 is 12.1 Å². The zero-order valence-corrected chi connectivity index (χ0v) is 19.0. The molecule has 180 valence electrons. The monoisotopic (exact) mass is 474 g/mol. The molecule has 0 bridgehead atoms. The Balaban J connectivity index is 1.76. The summed E-state index contributed by atoms with van der Waals surface area (Å²) in [5.74, 6) is -1.75. The Bertz CT molecular complexity index is 1180. The van der Waals surface area contributed by atoms with Gasteiger partial charge in [0.2, 0.25) is 11.8 Å². The first-order chi connectivity index (χ1) is 16.2. The van der Waals surface area contributed by atoms with Gasteiger partial charge in [0.1, 0.15) is 6.61 Å². The van der Waals surface area contributed by atoms with Crippen LogP contribution in [-0.4, -0.2) is 29.3 Å². The van der Waals surface area contributed by atoms with Gasteiger partial charge in [0.15, 0.2) is 0 Å². The van der Waals surface area contributed by atoms with Crippen LogP contribution in [0.3, 0.4) is 0 Å². The third-order valence-electron chi connectivity index (χ3n) is 5.53. The second-order valence-corrected chi connectivity index (χ2v) is 7.62. The Morgan fingerprint density at radius 3 is 2.18 bits per heavy atom. The Labute approximate surface area is 195 Å². The molecule has 2 N–H and O–H groups in total. The minimum absolute atomic E-state index is 0.0368. The van der Waals surface area contributed by atoms with Gasteiger partial charge in [0.25, 0.3) is 0 Å². The summed E-state index contributed by atoms with van der Waals surface area (Å²) in [4.78, 5) is 15.2. The van der Waals surface area contributed by atoms with Crippen LogP contribution in [0.5, 0.6) is 11.8 Å². The number of amides is 1. The van der Waals surface area contributed by atoms with Crippen molar-refractivity contribution in [1.82, 2.24) is 10.3 Å². The fraction of sp³-hybridized carbons (Fsp3) is 0.280. The lowest BCUT2D eigenvalue weighted by atomic mass is 9.92. The van der Waals surface area contributed by atoms with E-state index in [9.17, 15) is 23.1 Å². The maximum absolute atomic E-state index is 12.4. The zero-order valence-electron chi connectivity index (χ0n) is 19.0. The van der Waals surface area contributed by atoms with Crippen molar-refractivity contribution in [3.8, 4) is 22.9 Å². The first-order valence-corrected chi connectivity index (χ1v) is 10.5. The Morgan fingerprint density at radius 1 is 0.971 bits per heavy atom. The summed E-state index contributed by atoms with van der Waals surface area (Å²) in [5.41, 5.74) is 6.14. The smallest absolute Gasteiger partial charge is 0.471 e. The van der Waals surface area contributed by atoms with Crippen LogP contribution in [0.15, 0.2) is 48.5 Å². The van der Waals surface area contributed by atoms with Crippen molar-refractivity contribution in [2.75, 3.05) is 7.11 Å². The molecule has 0 saturated carbocycles. The standard InChI is InChI=1S/C25H25F3N2O4/c1-15-18(13-31)6-4-8-20(15)21-9-5-7-19(16(21)2)14-34-22-11-10-17(23(30-22)33-3)12-29-24(32)25(26,27)28/h4-11,31H,12-14H2,1-3H3,(H,29,32). The maximum atomic E-state index is 12.4. The van der Waals surface area contributed by atoms with E-state index >= 15 is 0 Å². The average molecular weight is 474 g/mol. The second kappa shape index (κ2) is 10.6. The van der Waals surface area contributed by atoms with Gasteiger partial charge in [-0.3, -0.25) is 4.79 Å². The van der Waals surface area contributed by atoms with E-state index in [1.54, 1.807) is 5.32 Å². The Morgan fingerprint density at radius 2 is 1.59 bits per heavy atom. The van der Waals surface area contributed by atoms with E-state index < -0.39 is 12.1 Å². The molecule has 1 aromatic heterocycles. The van der Waals surface area contributed by atoms with Crippen LogP contribution in [0.2, 0.25) is 0 Å². The van der Waals surface area contributed by atoms with Crippen molar-refractivity contribution in [2.24, 2.45) is 0 Å². The molecule has 0 aliphatic heterocycles. The van der Waals surface area contributed by atoms with Crippen molar-refractivity contribution in [1.29, 1.82) is 0 Å². The zero-order chi connectivity index (χ0) is 24.9. The minimum atomic E-state index is -4.96. The molecule has 2 aromatic carbocycles. The van der Waals surface area contributed by atoms with E-state index in [4.69, 9.17) is 9.47 Å². The fourth-order valence-corrected chi connectivity index (χ4v) is 3.55. The van der Waals surface area contributed by atoms with Crippen LogP contribution in [0.25, 0.3) is 11.1 Å². The number of nitrogens with one attached hydrogen (secondary N) is 1. The third kappa shape index (κ3) is 5.66. The van der Waals surface area contributed by atoms with E-state index in [0.717, 1.165) is 33.4 Å². The number of ether oxygens (including phenoxy) is 2. The average Bonchev–Trinajstić information content (AvgIpc) is 2.81. The highest BCUT2D eigenvalue weighted by molar-refractivity contribution is 5.81. The van der Waals surface area contributed by atoms with E-state index in [1.807, 2.05) is 50.2 Å². The molecule has 1 heterocycles. The first-order valence-electron chi connectivity index (χ1n) is 10.5. The number of carbonyl (C=O) groups excluding carboxylic acids is 1. The van der Waals surface area contributed by atoms with Crippen LogP contribution < -0.4 is 14.8 Å². The highest BCUT2D eigenvalue weighted by Gasteiger charge is 2.38. The SMILES string of the molecule is COc1nc(OCc2cccc(-c3cccc(CO)c3C)c2C)ccc1CNC(=O)C(F)(F)F. The summed E-state index contributed by atoms with van der Waals surface area (Å²) in [7, 11) is 1.33. The van der Waals surface area contributed by atoms with Crippen molar-refractivity contribution in [3.05, 3.63) is 76.3 Å². The molecule has 0 unspecified atom stereocenters. The summed E-state index contributed by atoms with van der Waals surface area (Å²) in [6.45, 7) is 3.74. The van der Waals surface area contributed by atoms with Gasteiger partial charge in [-0.05, 0) is 53.3 Å². The van der Waals surface area contributed by atoms with Crippen molar-refractivity contribution >= 4 is 5.91 Å². The molecule has 0 spiro atoms. The molecule has 0 aliphatic carbocycles. The molecule has 0 atom stereocenters. The summed E-state index contributed by atoms with van der Waals surface area (Å²) in [6.07, 6.45) is -4.96. The highest BCUT2D eigenvalue weighted by Crippen LogP contribution is 2.31. The number of pyridine rings is 1. The van der Waals surface area contributed by atoms with Crippen LogP contribution in [0, 0.1) is 13.8 Å². The van der Waals surface area contributed by atoms with Crippen molar-refractivity contribution in [3.63, 3.8) is 0 Å². The van der Waals surface area contributed by atoms with E-state index in [2.05, 4.69) is 4.98 Å². The minimum Gasteiger partial charge on any atom is -0.481 e. The Kier molecular flexibility index (Phi) is 7.78. The summed E-state index contributed by atoms with van der Waals surface area (Å²) in [6, 6.07) is 14.7. The number of benzene rings is 2. The molecular weight excluding hydrogens is 449 g/mol. The molecule has 0 radical (unpaired) electrons. The molecule has 3 rings (SSSR count). The molecule has 3 aromatic rings. The van der Waals surface area contributed by atoms with Crippen molar-refractivity contribution in [2.45, 2.75) is 39.8 Å². The quantitative estimate of drug-likeness (QED) is 0.498. The molecule has 0 fully saturated rings. The van der Waals surface area contributed by atoms with Gasteiger partial charge in [-0.15, -0.1) is 0 Å². The third-order valence-corrected chi connectivity index (χ3v) is 5.53. The number of aliphatic hydroxyl groups is 1. The lowest BCUT2D eigenvalue weighted by molar-refractivity contribution is -0.173. The van der Waals surface area contributed by atoms with Gasteiger partial charge in [-0.1, -0.05) is 36.4 Å². The first kappa shape index (κ1) is 25.0. The predicted octanol–water partition coefficient (Wildman–Crippen LogP) is 4.62. The van der Waals surface area contributed by atoms with Gasteiger partial charge in [-0.25, -0.2) is 0 Å². The van der Waals surface area contributed by atoms with Crippen LogP contribution in [0.1, 0.15) is 27.8 Å². The number of nitrogens with zero attached hydrogens (tertiary/aromatic N) is 1. The lowest BCUT2D eigenvalue weighted by Crippen LogP contribution is -2.36. The van der Waals surface area contributed by atoms with Crippen LogP contribution in [-0.2, 0) is 24.6 Å². The predicted molar refractivity (Wildman–Crippen MR) is 120 cm³/mol. The number of rotatable bonds is 8. The normalized spacial score (nSPS) is 11.3. The molecule has 0 saturated heterocycles. The number of halogens is 3. The highest BCUT2D eigenvalue weighted by atomic mass is 19.4. The van der Waals surface area contributed by atoms with Gasteiger partial charge in [0.05, 0.1) is 13.7 Å². The lowest BCUT2D eigenvalue weighted by Gasteiger charge is -2.16. The topological polar surface area (TPSA) is 80.7 Å². The molecule has 9 heteroatoms. The number of methoxy groups -OCH3 is 1. The van der Waals surface area contributed by atoms with E-state index in [0.29, 0.717) is 0 Å². The van der Waals surface area contributed by atoms with Crippen molar-refractivity contribution < 1.29 is 32.5 Å². The van der Waals surface area contributed by atoms with Crippen LogP contribution in [0.4, 0.5) is 13.2 Å². The molecule has 6 nitrogen and oxygen atoms in total. The largest absolute Gasteiger partial charge is 0.481 e. The molecule has 0 aliphatic rings. The second-order valence-electron chi connectivity index (χ2n) is 7.62. The number of aromatic nitrogens is 1. The molecule has 34 heavy (non-hydrogen) atoms. The van der Waals surface area contributed by atoms with E-state index in [1.165, 1.54) is 19.2 Å². The van der Waals surface area contributed by atoms with Gasteiger partial charge in [0, 0.05) is 18.2 Å².